The van der Waals surface area contributed by atoms with Crippen molar-refractivity contribution in [1.29, 1.82) is 0 Å². The Balaban J connectivity index is 1.83. The van der Waals surface area contributed by atoms with Crippen LogP contribution in [-0.2, 0) is 0 Å². The smallest absolute Gasteiger partial charge is 0.253 e. The summed E-state index contributed by atoms with van der Waals surface area (Å²) in [6, 6.07) is 7.98. The van der Waals surface area contributed by atoms with Crippen LogP contribution in [0.1, 0.15) is 22.6 Å². The molecule has 0 spiro atoms. The van der Waals surface area contributed by atoms with Crippen LogP contribution in [0, 0.1) is 20.8 Å². The summed E-state index contributed by atoms with van der Waals surface area (Å²) in [5.74, 6) is 0.886. The van der Waals surface area contributed by atoms with E-state index in [1.165, 1.54) is 18.3 Å². The fourth-order valence-electron chi connectivity index (χ4n) is 2.35. The Morgan fingerprint density at radius 1 is 1.04 bits per heavy atom. The van der Waals surface area contributed by atoms with Gasteiger partial charge >= 0.3 is 0 Å². The van der Waals surface area contributed by atoms with Gasteiger partial charge in [0.15, 0.2) is 5.82 Å². The standard InChI is InChI=1S/C17H18N6O2/c1-10-7-16(20-17(19-10)23-12(3)6-11(2)22-23)21-18-9-13-4-5-14(24)8-15(13)25/h4-9,24-25H,1-3H3,(H,19,20,21)/b18-9-. The molecule has 8 heteroatoms. The Kier molecular flexibility index (Phi) is 4.34. The van der Waals surface area contributed by atoms with Gasteiger partial charge in [-0.2, -0.15) is 15.2 Å². The van der Waals surface area contributed by atoms with Crippen molar-refractivity contribution in [1.82, 2.24) is 19.7 Å². The number of phenolic OH excluding ortho intramolecular Hbond substituents is 2. The Hall–Kier alpha value is -3.42. The minimum absolute atomic E-state index is 0.0106. The molecule has 0 amide bonds. The maximum atomic E-state index is 9.74. The lowest BCUT2D eigenvalue weighted by Gasteiger charge is -2.06. The van der Waals surface area contributed by atoms with Gasteiger partial charge in [-0.3, -0.25) is 5.43 Å². The monoisotopic (exact) mass is 338 g/mol. The molecule has 0 aliphatic rings. The number of nitrogens with one attached hydrogen (secondary N) is 1. The average Bonchev–Trinajstić information content (AvgIpc) is 2.87. The van der Waals surface area contributed by atoms with Crippen molar-refractivity contribution < 1.29 is 10.2 Å². The summed E-state index contributed by atoms with van der Waals surface area (Å²) in [6.45, 7) is 5.70. The van der Waals surface area contributed by atoms with Crippen LogP contribution in [0.3, 0.4) is 0 Å². The van der Waals surface area contributed by atoms with Gasteiger partial charge in [0.25, 0.3) is 5.95 Å². The van der Waals surface area contributed by atoms with Gasteiger partial charge in [0, 0.05) is 29.1 Å². The Bertz CT molecular complexity index is 948. The lowest BCUT2D eigenvalue weighted by Crippen LogP contribution is -2.08. The fraction of sp³-hybridized carbons (Fsp3) is 0.176. The molecular formula is C17H18N6O2. The van der Waals surface area contributed by atoms with Crippen molar-refractivity contribution in [2.45, 2.75) is 20.8 Å². The molecule has 0 aliphatic heterocycles. The van der Waals surface area contributed by atoms with Crippen LogP contribution in [-0.4, -0.2) is 36.2 Å². The summed E-state index contributed by atoms with van der Waals surface area (Å²) >= 11 is 0. The molecule has 25 heavy (non-hydrogen) atoms. The predicted molar refractivity (Wildman–Crippen MR) is 94.4 cm³/mol. The van der Waals surface area contributed by atoms with Crippen LogP contribution in [0.25, 0.3) is 5.95 Å². The summed E-state index contributed by atoms with van der Waals surface area (Å²) in [7, 11) is 0. The molecule has 1 aromatic carbocycles. The van der Waals surface area contributed by atoms with E-state index in [2.05, 4.69) is 25.6 Å². The second-order valence-corrected chi connectivity index (χ2v) is 5.65. The highest BCUT2D eigenvalue weighted by Crippen LogP contribution is 2.21. The minimum Gasteiger partial charge on any atom is -0.508 e. The molecule has 3 N–H and O–H groups in total. The molecule has 2 heterocycles. The van der Waals surface area contributed by atoms with Gasteiger partial charge in [0.1, 0.15) is 11.5 Å². The number of aromatic hydroxyl groups is 2. The van der Waals surface area contributed by atoms with Crippen LogP contribution in [0.5, 0.6) is 11.5 Å². The molecule has 0 fully saturated rings. The summed E-state index contributed by atoms with van der Waals surface area (Å²) in [4.78, 5) is 8.81. The van der Waals surface area contributed by atoms with E-state index < -0.39 is 0 Å². The van der Waals surface area contributed by atoms with Gasteiger partial charge < -0.3 is 10.2 Å². The molecule has 0 saturated carbocycles. The fourth-order valence-corrected chi connectivity index (χ4v) is 2.35. The van der Waals surface area contributed by atoms with Gasteiger partial charge in [-0.05, 0) is 39.0 Å². The molecule has 0 radical (unpaired) electrons. The molecule has 0 aliphatic carbocycles. The summed E-state index contributed by atoms with van der Waals surface area (Å²) < 4.78 is 1.67. The highest BCUT2D eigenvalue weighted by atomic mass is 16.3. The van der Waals surface area contributed by atoms with E-state index >= 15 is 0 Å². The highest BCUT2D eigenvalue weighted by molar-refractivity contribution is 5.84. The van der Waals surface area contributed by atoms with Crippen molar-refractivity contribution in [2.75, 3.05) is 5.43 Å². The van der Waals surface area contributed by atoms with Crippen LogP contribution < -0.4 is 5.43 Å². The van der Waals surface area contributed by atoms with Gasteiger partial charge in [-0.25, -0.2) is 9.67 Å². The number of hydrazone groups is 1. The quantitative estimate of drug-likeness (QED) is 0.498. The van der Waals surface area contributed by atoms with E-state index in [1.54, 1.807) is 16.8 Å². The maximum absolute atomic E-state index is 9.74. The minimum atomic E-state index is -0.0623. The van der Waals surface area contributed by atoms with Crippen molar-refractivity contribution >= 4 is 12.0 Å². The van der Waals surface area contributed by atoms with Crippen molar-refractivity contribution in [2.24, 2.45) is 5.10 Å². The second kappa shape index (κ2) is 6.60. The highest BCUT2D eigenvalue weighted by Gasteiger charge is 2.08. The summed E-state index contributed by atoms with van der Waals surface area (Å²) in [5, 5.41) is 27.5. The topological polar surface area (TPSA) is 108 Å². The molecule has 0 saturated heterocycles. The zero-order chi connectivity index (χ0) is 18.0. The largest absolute Gasteiger partial charge is 0.508 e. The number of phenols is 2. The molecule has 128 valence electrons. The number of anilines is 1. The lowest BCUT2D eigenvalue weighted by atomic mass is 10.2. The molecule has 3 aromatic rings. The van der Waals surface area contributed by atoms with Crippen molar-refractivity contribution in [3.63, 3.8) is 0 Å². The van der Waals surface area contributed by atoms with E-state index in [1.807, 2.05) is 26.8 Å². The van der Waals surface area contributed by atoms with E-state index in [0.717, 1.165) is 17.1 Å². The third-order valence-electron chi connectivity index (χ3n) is 3.44. The molecule has 0 bridgehead atoms. The van der Waals surface area contributed by atoms with Crippen LogP contribution >= 0.6 is 0 Å². The van der Waals surface area contributed by atoms with Gasteiger partial charge in [-0.1, -0.05) is 0 Å². The number of aromatic nitrogens is 4. The summed E-state index contributed by atoms with van der Waals surface area (Å²) in [6.07, 6.45) is 1.44. The van der Waals surface area contributed by atoms with Crippen molar-refractivity contribution in [3.05, 3.63) is 53.0 Å². The Morgan fingerprint density at radius 3 is 2.52 bits per heavy atom. The number of benzene rings is 1. The number of rotatable bonds is 4. The van der Waals surface area contributed by atoms with E-state index in [4.69, 9.17) is 0 Å². The van der Waals surface area contributed by atoms with E-state index in [-0.39, 0.29) is 11.5 Å². The molecule has 0 unspecified atom stereocenters. The first kappa shape index (κ1) is 16.4. The number of nitrogens with zero attached hydrogens (tertiary/aromatic N) is 5. The zero-order valence-electron chi connectivity index (χ0n) is 14.1. The lowest BCUT2D eigenvalue weighted by molar-refractivity contribution is 0.450. The van der Waals surface area contributed by atoms with Gasteiger partial charge in [0.2, 0.25) is 0 Å². The van der Waals surface area contributed by atoms with Gasteiger partial charge in [0.05, 0.1) is 11.9 Å². The maximum Gasteiger partial charge on any atom is 0.253 e. The van der Waals surface area contributed by atoms with Gasteiger partial charge in [-0.15, -0.1) is 0 Å². The van der Waals surface area contributed by atoms with Crippen LogP contribution in [0.15, 0.2) is 35.4 Å². The summed E-state index contributed by atoms with van der Waals surface area (Å²) in [5.41, 5.74) is 5.87. The molecular weight excluding hydrogens is 320 g/mol. The number of hydrogen-bond acceptors (Lipinski definition) is 7. The van der Waals surface area contributed by atoms with Crippen LogP contribution in [0.2, 0.25) is 0 Å². The zero-order valence-corrected chi connectivity index (χ0v) is 14.1. The predicted octanol–water partition coefficient (Wildman–Crippen LogP) is 2.44. The third kappa shape index (κ3) is 3.74. The Labute approximate surface area is 144 Å². The first-order chi connectivity index (χ1) is 11.9. The number of aryl methyl sites for hydroxylation is 3. The van der Waals surface area contributed by atoms with E-state index in [9.17, 15) is 10.2 Å². The first-order valence-corrected chi connectivity index (χ1v) is 7.63. The molecule has 0 atom stereocenters. The van der Waals surface area contributed by atoms with Crippen molar-refractivity contribution in [3.8, 4) is 17.4 Å². The third-order valence-corrected chi connectivity index (χ3v) is 3.44. The second-order valence-electron chi connectivity index (χ2n) is 5.65. The molecule has 8 nitrogen and oxygen atoms in total. The average molecular weight is 338 g/mol. The normalized spacial score (nSPS) is 11.2. The number of hydrogen-bond donors (Lipinski definition) is 3. The van der Waals surface area contributed by atoms with Crippen LogP contribution in [0.4, 0.5) is 5.82 Å². The first-order valence-electron chi connectivity index (χ1n) is 7.63. The van der Waals surface area contributed by atoms with E-state index in [0.29, 0.717) is 17.3 Å². The Morgan fingerprint density at radius 2 is 1.84 bits per heavy atom. The molecule has 2 aromatic heterocycles. The molecule has 3 rings (SSSR count). The SMILES string of the molecule is Cc1cc(N/N=C\c2ccc(O)cc2O)nc(-n2nc(C)cc2C)n1.